The van der Waals surface area contributed by atoms with Crippen LogP contribution in [0, 0.1) is 0 Å². The molecule has 0 aliphatic carbocycles. The Kier molecular flexibility index (Phi) is 7.10. The predicted molar refractivity (Wildman–Crippen MR) is 99.2 cm³/mol. The Morgan fingerprint density at radius 1 is 1.21 bits per heavy atom. The maximum Gasteiger partial charge on any atom is 0.416 e. The van der Waals surface area contributed by atoms with Gasteiger partial charge in [0.25, 0.3) is 5.91 Å². The lowest BCUT2D eigenvalue weighted by Gasteiger charge is -2.19. The Morgan fingerprint density at radius 2 is 1.83 bits per heavy atom. The van der Waals surface area contributed by atoms with Gasteiger partial charge in [-0.3, -0.25) is 9.59 Å². The van der Waals surface area contributed by atoms with E-state index in [9.17, 15) is 27.9 Å². The second-order valence-electron chi connectivity index (χ2n) is 6.16. The highest BCUT2D eigenvalue weighted by Gasteiger charge is 2.31. The van der Waals surface area contributed by atoms with Crippen LogP contribution in [0.4, 0.5) is 13.2 Å². The SMILES string of the molecule is COc1ccc(C[C@H](NC(=O)[C@@H](O)c2ccc(C(F)(F)F)cc2)C(N)=O)cc1Cl. The average molecular weight is 431 g/mol. The number of hydrogen-bond acceptors (Lipinski definition) is 4. The summed E-state index contributed by atoms with van der Waals surface area (Å²) in [4.78, 5) is 24.0. The molecule has 0 saturated heterocycles. The minimum atomic E-state index is -4.54. The van der Waals surface area contributed by atoms with E-state index in [0.29, 0.717) is 16.3 Å². The highest BCUT2D eigenvalue weighted by Crippen LogP contribution is 2.30. The van der Waals surface area contributed by atoms with Crippen LogP contribution in [0.1, 0.15) is 22.8 Å². The van der Waals surface area contributed by atoms with Gasteiger partial charge in [-0.2, -0.15) is 13.2 Å². The Morgan fingerprint density at radius 3 is 2.31 bits per heavy atom. The number of aliphatic hydroxyl groups excluding tert-OH is 1. The zero-order valence-electron chi connectivity index (χ0n) is 15.2. The van der Waals surface area contributed by atoms with Crippen LogP contribution in [-0.2, 0) is 22.2 Å². The summed E-state index contributed by atoms with van der Waals surface area (Å²) in [6.07, 6.45) is -6.33. The van der Waals surface area contributed by atoms with Crippen LogP contribution >= 0.6 is 11.6 Å². The number of alkyl halides is 3. The normalized spacial score (nSPS) is 13.4. The van der Waals surface area contributed by atoms with Crippen LogP contribution in [0.15, 0.2) is 42.5 Å². The molecule has 0 bridgehead atoms. The molecule has 6 nitrogen and oxygen atoms in total. The van der Waals surface area contributed by atoms with Gasteiger partial charge in [-0.25, -0.2) is 0 Å². The molecule has 0 aliphatic heterocycles. The predicted octanol–water partition coefficient (Wildman–Crippen LogP) is 2.61. The molecule has 2 atom stereocenters. The van der Waals surface area contributed by atoms with Crippen LogP contribution < -0.4 is 15.8 Å². The fraction of sp³-hybridized carbons (Fsp3) is 0.263. The Hall–Kier alpha value is -2.78. The number of carbonyl (C=O) groups is 2. The Labute approximate surface area is 169 Å². The number of nitrogens with one attached hydrogen (secondary N) is 1. The molecule has 0 unspecified atom stereocenters. The highest BCUT2D eigenvalue weighted by atomic mass is 35.5. The zero-order valence-corrected chi connectivity index (χ0v) is 15.9. The molecule has 0 spiro atoms. The standard InChI is InChI=1S/C19H18ClF3N2O4/c1-29-15-7-2-10(8-13(15)20)9-14(17(24)27)25-18(28)16(26)11-3-5-12(6-4-11)19(21,22)23/h2-8,14,16,26H,9H2,1H3,(H2,24,27)(H,25,28)/t14-,16-/m0/s1. The summed E-state index contributed by atoms with van der Waals surface area (Å²) in [6, 6.07) is 7.03. The van der Waals surface area contributed by atoms with Crippen molar-refractivity contribution in [1.29, 1.82) is 0 Å². The molecule has 2 rings (SSSR count). The summed E-state index contributed by atoms with van der Waals surface area (Å²) in [6.45, 7) is 0. The molecule has 10 heteroatoms. The van der Waals surface area contributed by atoms with E-state index in [2.05, 4.69) is 5.32 Å². The van der Waals surface area contributed by atoms with Crippen molar-refractivity contribution in [2.75, 3.05) is 7.11 Å². The molecule has 2 aromatic carbocycles. The molecule has 2 aromatic rings. The highest BCUT2D eigenvalue weighted by molar-refractivity contribution is 6.32. The van der Waals surface area contributed by atoms with Crippen molar-refractivity contribution in [1.82, 2.24) is 5.32 Å². The maximum absolute atomic E-state index is 12.6. The minimum absolute atomic E-state index is 0.00941. The van der Waals surface area contributed by atoms with E-state index in [1.807, 2.05) is 0 Å². The van der Waals surface area contributed by atoms with Gasteiger partial charge in [0, 0.05) is 6.42 Å². The molecule has 4 N–H and O–H groups in total. The molecule has 156 valence electrons. The van der Waals surface area contributed by atoms with Crippen molar-refractivity contribution in [3.05, 3.63) is 64.2 Å². The smallest absolute Gasteiger partial charge is 0.416 e. The molecular formula is C19H18ClF3N2O4. The van der Waals surface area contributed by atoms with E-state index < -0.39 is 35.7 Å². The zero-order chi connectivity index (χ0) is 21.8. The van der Waals surface area contributed by atoms with E-state index >= 15 is 0 Å². The van der Waals surface area contributed by atoms with E-state index in [0.717, 1.165) is 24.3 Å². The second-order valence-corrected chi connectivity index (χ2v) is 6.57. The summed E-state index contributed by atoms with van der Waals surface area (Å²) >= 11 is 6.02. The minimum Gasteiger partial charge on any atom is -0.495 e. The van der Waals surface area contributed by atoms with E-state index in [1.54, 1.807) is 12.1 Å². The number of ether oxygens (including phenoxy) is 1. The molecule has 29 heavy (non-hydrogen) atoms. The third-order valence-corrected chi connectivity index (χ3v) is 4.41. The lowest BCUT2D eigenvalue weighted by atomic mass is 10.0. The van der Waals surface area contributed by atoms with Crippen LogP contribution in [-0.4, -0.2) is 30.1 Å². The maximum atomic E-state index is 12.6. The van der Waals surface area contributed by atoms with Crippen LogP contribution in [0.5, 0.6) is 5.75 Å². The third-order valence-electron chi connectivity index (χ3n) is 4.12. The number of nitrogens with two attached hydrogens (primary N) is 1. The van der Waals surface area contributed by atoms with Gasteiger partial charge >= 0.3 is 6.18 Å². The molecule has 0 heterocycles. The van der Waals surface area contributed by atoms with Gasteiger partial charge in [-0.1, -0.05) is 29.8 Å². The van der Waals surface area contributed by atoms with Gasteiger partial charge in [0.15, 0.2) is 6.10 Å². The van der Waals surface area contributed by atoms with Crippen molar-refractivity contribution >= 4 is 23.4 Å². The fourth-order valence-corrected chi connectivity index (χ4v) is 2.83. The number of methoxy groups -OCH3 is 1. The van der Waals surface area contributed by atoms with E-state index in [-0.39, 0.29) is 12.0 Å². The van der Waals surface area contributed by atoms with Gasteiger partial charge < -0.3 is 20.9 Å². The molecule has 2 amide bonds. The molecule has 0 saturated carbocycles. The summed E-state index contributed by atoms with van der Waals surface area (Å²) in [5.41, 5.74) is 4.91. The van der Waals surface area contributed by atoms with Crippen molar-refractivity contribution in [3.8, 4) is 5.75 Å². The number of amides is 2. The number of benzene rings is 2. The number of hydrogen-bond donors (Lipinski definition) is 3. The van der Waals surface area contributed by atoms with Crippen LogP contribution in [0.2, 0.25) is 5.02 Å². The monoisotopic (exact) mass is 430 g/mol. The van der Waals surface area contributed by atoms with E-state index in [1.165, 1.54) is 13.2 Å². The first-order valence-corrected chi connectivity index (χ1v) is 8.68. The first-order valence-electron chi connectivity index (χ1n) is 8.30. The molecule has 0 aromatic heterocycles. The lowest BCUT2D eigenvalue weighted by molar-refractivity contribution is -0.137. The van der Waals surface area contributed by atoms with Crippen molar-refractivity contribution < 1.29 is 32.6 Å². The van der Waals surface area contributed by atoms with Crippen LogP contribution in [0.3, 0.4) is 0 Å². The largest absolute Gasteiger partial charge is 0.495 e. The third kappa shape index (κ3) is 5.85. The number of rotatable bonds is 7. The number of primary amides is 1. The number of halogens is 4. The van der Waals surface area contributed by atoms with Gasteiger partial charge in [-0.15, -0.1) is 0 Å². The summed E-state index contributed by atoms with van der Waals surface area (Å²) < 4.78 is 42.9. The summed E-state index contributed by atoms with van der Waals surface area (Å²) in [5, 5.41) is 12.7. The van der Waals surface area contributed by atoms with Crippen LogP contribution in [0.25, 0.3) is 0 Å². The number of aliphatic hydroxyl groups is 1. The summed E-state index contributed by atoms with van der Waals surface area (Å²) in [7, 11) is 1.44. The lowest BCUT2D eigenvalue weighted by Crippen LogP contribution is -2.47. The fourth-order valence-electron chi connectivity index (χ4n) is 2.55. The molecule has 0 aliphatic rings. The van der Waals surface area contributed by atoms with Crippen molar-refractivity contribution in [3.63, 3.8) is 0 Å². The first-order chi connectivity index (χ1) is 13.5. The van der Waals surface area contributed by atoms with Gasteiger partial charge in [-0.05, 0) is 35.4 Å². The quantitative estimate of drug-likeness (QED) is 0.628. The molecular weight excluding hydrogens is 413 g/mol. The van der Waals surface area contributed by atoms with Gasteiger partial charge in [0.1, 0.15) is 11.8 Å². The molecule has 0 radical (unpaired) electrons. The number of carbonyl (C=O) groups excluding carboxylic acids is 2. The second kappa shape index (κ2) is 9.15. The van der Waals surface area contributed by atoms with Crippen molar-refractivity contribution in [2.24, 2.45) is 5.73 Å². The van der Waals surface area contributed by atoms with E-state index in [4.69, 9.17) is 22.1 Å². The first kappa shape index (κ1) is 22.5. The summed E-state index contributed by atoms with van der Waals surface area (Å²) in [5.74, 6) is -1.41. The topological polar surface area (TPSA) is 102 Å². The Balaban J connectivity index is 2.10. The van der Waals surface area contributed by atoms with Gasteiger partial charge in [0.05, 0.1) is 17.7 Å². The van der Waals surface area contributed by atoms with Gasteiger partial charge in [0.2, 0.25) is 5.91 Å². The molecule has 0 fully saturated rings. The Bertz CT molecular complexity index is 888. The average Bonchev–Trinajstić information content (AvgIpc) is 2.66. The van der Waals surface area contributed by atoms with Crippen molar-refractivity contribution in [2.45, 2.75) is 24.7 Å².